The molecule has 6 rings (SSSR count). The van der Waals surface area contributed by atoms with Gasteiger partial charge in [0.25, 0.3) is 0 Å². The van der Waals surface area contributed by atoms with Crippen LogP contribution in [0.1, 0.15) is 33.6 Å². The van der Waals surface area contributed by atoms with Crippen molar-refractivity contribution < 1.29 is 32.2 Å². The van der Waals surface area contributed by atoms with Gasteiger partial charge in [0.1, 0.15) is 28.5 Å². The van der Waals surface area contributed by atoms with Gasteiger partial charge < -0.3 is 19.1 Å². The Kier molecular flexibility index (Phi) is 8.42. The van der Waals surface area contributed by atoms with E-state index in [0.29, 0.717) is 18.5 Å². The summed E-state index contributed by atoms with van der Waals surface area (Å²) in [6, 6.07) is 6.98. The van der Waals surface area contributed by atoms with Gasteiger partial charge in [0.15, 0.2) is 23.6 Å². The number of piperazine rings is 1. The number of thioether (sulfide) groups is 1. The number of halogens is 4. The van der Waals surface area contributed by atoms with Gasteiger partial charge in [-0.2, -0.15) is 0 Å². The molecule has 8 nitrogen and oxygen atoms in total. The Hall–Kier alpha value is -3.48. The number of carbonyl (C=O) groups is 1. The van der Waals surface area contributed by atoms with E-state index in [-0.39, 0.29) is 63.0 Å². The Morgan fingerprint density at radius 3 is 2.42 bits per heavy atom. The SMILES string of the molecule is COCOc1cc(-c2c(Cl)c(F)c3c(N4CC5CCC(C4)N5C(=O)OC(C)(C)C)nc(SC)nc3c2F)c2c(F)cccc2c1. The molecule has 0 radical (unpaired) electrons. The first-order valence-corrected chi connectivity index (χ1v) is 16.0. The second kappa shape index (κ2) is 12.0. The van der Waals surface area contributed by atoms with Gasteiger partial charge in [-0.05, 0) is 63.5 Å². The molecule has 3 heterocycles. The molecule has 1 amide bonds. The summed E-state index contributed by atoms with van der Waals surface area (Å²) in [5.41, 5.74) is -1.26. The van der Waals surface area contributed by atoms with Crippen molar-refractivity contribution in [2.24, 2.45) is 0 Å². The minimum Gasteiger partial charge on any atom is -0.468 e. The molecule has 2 saturated heterocycles. The van der Waals surface area contributed by atoms with Crippen LogP contribution in [-0.2, 0) is 9.47 Å². The minimum absolute atomic E-state index is 0.00915. The van der Waals surface area contributed by atoms with Crippen LogP contribution in [0.25, 0.3) is 32.8 Å². The van der Waals surface area contributed by atoms with E-state index in [9.17, 15) is 4.79 Å². The molecule has 0 N–H and O–H groups in total. The summed E-state index contributed by atoms with van der Waals surface area (Å²) >= 11 is 7.83. The molecule has 2 bridgehead atoms. The van der Waals surface area contributed by atoms with Crippen LogP contribution in [0, 0.1) is 17.5 Å². The lowest BCUT2D eigenvalue weighted by atomic mass is 9.95. The van der Waals surface area contributed by atoms with Crippen LogP contribution in [0.2, 0.25) is 5.02 Å². The Morgan fingerprint density at radius 2 is 1.78 bits per heavy atom. The maximum atomic E-state index is 16.8. The Morgan fingerprint density at radius 1 is 1.07 bits per heavy atom. The molecule has 2 atom stereocenters. The van der Waals surface area contributed by atoms with E-state index in [1.54, 1.807) is 23.3 Å². The maximum absolute atomic E-state index is 16.8. The average Bonchev–Trinajstić information content (AvgIpc) is 3.26. The van der Waals surface area contributed by atoms with Crippen LogP contribution in [-0.4, -0.2) is 71.9 Å². The predicted molar refractivity (Wildman–Crippen MR) is 169 cm³/mol. The predicted octanol–water partition coefficient (Wildman–Crippen LogP) is 7.81. The molecule has 0 saturated carbocycles. The molecular formula is C32H32ClF3N4O4S. The number of aromatic nitrogens is 2. The van der Waals surface area contributed by atoms with E-state index >= 15 is 13.2 Å². The first kappa shape index (κ1) is 31.5. The number of ether oxygens (including phenoxy) is 3. The molecule has 0 aliphatic carbocycles. The third-order valence-corrected chi connectivity index (χ3v) is 8.91. The highest BCUT2D eigenvalue weighted by Gasteiger charge is 2.45. The lowest BCUT2D eigenvalue weighted by Crippen LogP contribution is -2.57. The summed E-state index contributed by atoms with van der Waals surface area (Å²) in [6.45, 7) is 6.01. The fourth-order valence-electron chi connectivity index (χ4n) is 6.23. The van der Waals surface area contributed by atoms with Gasteiger partial charge >= 0.3 is 6.09 Å². The lowest BCUT2D eigenvalue weighted by molar-refractivity contribution is 0.0122. The quantitative estimate of drug-likeness (QED) is 0.0897. The zero-order chi connectivity index (χ0) is 32.2. The number of amides is 1. The summed E-state index contributed by atoms with van der Waals surface area (Å²) in [6.07, 6.45) is 2.81. The zero-order valence-electron chi connectivity index (χ0n) is 25.4. The number of fused-ring (bicyclic) bond motifs is 4. The van der Waals surface area contributed by atoms with Crippen LogP contribution in [0.3, 0.4) is 0 Å². The summed E-state index contributed by atoms with van der Waals surface area (Å²) < 4.78 is 64.8. The summed E-state index contributed by atoms with van der Waals surface area (Å²) in [5, 5.41) is -0.0392. The van der Waals surface area contributed by atoms with E-state index in [1.165, 1.54) is 37.1 Å². The van der Waals surface area contributed by atoms with Gasteiger partial charge in [0, 0.05) is 36.7 Å². The molecule has 3 aromatic carbocycles. The second-order valence-electron chi connectivity index (χ2n) is 12.1. The molecule has 2 unspecified atom stereocenters. The van der Waals surface area contributed by atoms with Gasteiger partial charge in [0.05, 0.1) is 22.5 Å². The molecule has 238 valence electrons. The molecule has 4 aromatic rings. The smallest absolute Gasteiger partial charge is 0.410 e. The van der Waals surface area contributed by atoms with Gasteiger partial charge in [-0.3, -0.25) is 4.90 Å². The number of hydrogen-bond donors (Lipinski definition) is 0. The van der Waals surface area contributed by atoms with Gasteiger partial charge in [-0.1, -0.05) is 35.5 Å². The number of rotatable bonds is 6. The normalized spacial score (nSPS) is 18.2. The largest absolute Gasteiger partial charge is 0.468 e. The van der Waals surface area contributed by atoms with Crippen molar-refractivity contribution in [1.82, 2.24) is 14.9 Å². The molecule has 2 aliphatic heterocycles. The van der Waals surface area contributed by atoms with Crippen LogP contribution in [0.4, 0.5) is 23.8 Å². The van der Waals surface area contributed by atoms with Crippen molar-refractivity contribution >= 4 is 56.9 Å². The molecular weight excluding hydrogens is 629 g/mol. The fraction of sp³-hybridized carbons (Fsp3) is 0.406. The van der Waals surface area contributed by atoms with Crippen molar-refractivity contribution in [3.8, 4) is 16.9 Å². The zero-order valence-corrected chi connectivity index (χ0v) is 27.0. The third kappa shape index (κ3) is 5.72. The lowest BCUT2D eigenvalue weighted by Gasteiger charge is -2.42. The first-order valence-electron chi connectivity index (χ1n) is 14.4. The van der Waals surface area contributed by atoms with Crippen molar-refractivity contribution in [3.05, 3.63) is 52.8 Å². The molecule has 13 heteroatoms. The van der Waals surface area contributed by atoms with Crippen LogP contribution < -0.4 is 9.64 Å². The van der Waals surface area contributed by atoms with Crippen molar-refractivity contribution in [1.29, 1.82) is 0 Å². The highest BCUT2D eigenvalue weighted by molar-refractivity contribution is 7.98. The molecule has 2 fully saturated rings. The van der Waals surface area contributed by atoms with E-state index in [2.05, 4.69) is 9.97 Å². The highest BCUT2D eigenvalue weighted by Crippen LogP contribution is 2.46. The summed E-state index contributed by atoms with van der Waals surface area (Å²) in [4.78, 5) is 25.6. The van der Waals surface area contributed by atoms with Gasteiger partial charge in [-0.25, -0.2) is 27.9 Å². The monoisotopic (exact) mass is 660 g/mol. The van der Waals surface area contributed by atoms with Gasteiger partial charge in [-0.15, -0.1) is 0 Å². The number of nitrogens with zero attached hydrogens (tertiary/aromatic N) is 4. The number of hydrogen-bond acceptors (Lipinski definition) is 8. The minimum atomic E-state index is -0.930. The van der Waals surface area contributed by atoms with Crippen LogP contribution >= 0.6 is 23.4 Å². The van der Waals surface area contributed by atoms with E-state index < -0.39 is 34.2 Å². The Labute approximate surface area is 267 Å². The topological polar surface area (TPSA) is 77.0 Å². The van der Waals surface area contributed by atoms with Crippen molar-refractivity contribution in [3.63, 3.8) is 0 Å². The van der Waals surface area contributed by atoms with Gasteiger partial charge in [0.2, 0.25) is 0 Å². The summed E-state index contributed by atoms with van der Waals surface area (Å²) in [7, 11) is 1.44. The number of methoxy groups -OCH3 is 1. The standard InChI is InChI=1S/C32H32ClF3N4O4S/c1-32(2,3)44-31(41)40-17-9-10-18(40)14-39(13-17)29-24-26(35)25(33)23(27(36)28(24)37-30(38-29)45-5)20-12-19(43-15-42-4)11-16-7-6-8-21(34)22(16)20/h6-8,11-12,17-18H,9-10,13-15H2,1-5H3. The van der Waals surface area contributed by atoms with Crippen LogP contribution in [0.5, 0.6) is 5.75 Å². The highest BCUT2D eigenvalue weighted by atomic mass is 35.5. The molecule has 1 aromatic heterocycles. The Bertz CT molecular complexity index is 1810. The first-order chi connectivity index (χ1) is 21.4. The van der Waals surface area contributed by atoms with E-state index in [0.717, 1.165) is 12.8 Å². The maximum Gasteiger partial charge on any atom is 0.410 e. The second-order valence-corrected chi connectivity index (χ2v) is 13.3. The average molecular weight is 661 g/mol. The molecule has 45 heavy (non-hydrogen) atoms. The van der Waals surface area contributed by atoms with Crippen LogP contribution in [0.15, 0.2) is 35.5 Å². The number of carbonyl (C=O) groups excluding carboxylic acids is 1. The third-order valence-electron chi connectivity index (χ3n) is 8.01. The molecule has 0 spiro atoms. The van der Waals surface area contributed by atoms with E-state index in [1.807, 2.05) is 25.7 Å². The Balaban J connectivity index is 1.50. The van der Waals surface area contributed by atoms with Crippen molar-refractivity contribution in [2.75, 3.05) is 38.1 Å². The summed E-state index contributed by atoms with van der Waals surface area (Å²) in [5.74, 6) is -2.04. The molecule has 2 aliphatic rings. The van der Waals surface area contributed by atoms with E-state index in [4.69, 9.17) is 25.8 Å². The number of benzene rings is 3. The fourth-order valence-corrected chi connectivity index (χ4v) is 6.87. The van der Waals surface area contributed by atoms with Crippen molar-refractivity contribution in [2.45, 2.75) is 56.5 Å². The number of anilines is 1.